The summed E-state index contributed by atoms with van der Waals surface area (Å²) in [5, 5.41) is 8.90. The molecule has 2 rings (SSSR count). The molecule has 1 aliphatic heterocycles. The Balaban J connectivity index is 1.86. The van der Waals surface area contributed by atoms with Crippen molar-refractivity contribution in [3.8, 4) is 0 Å². The van der Waals surface area contributed by atoms with Crippen LogP contribution in [0.15, 0.2) is 0 Å². The van der Waals surface area contributed by atoms with Gasteiger partial charge in [0.1, 0.15) is 5.60 Å². The number of hydrogen-bond acceptors (Lipinski definition) is 3. The van der Waals surface area contributed by atoms with Crippen LogP contribution in [0, 0.1) is 11.3 Å². The van der Waals surface area contributed by atoms with Crippen molar-refractivity contribution in [3.63, 3.8) is 0 Å². The Morgan fingerprint density at radius 3 is 2.44 bits per heavy atom. The second-order valence-electron chi connectivity index (χ2n) is 6.60. The molecule has 0 aromatic rings. The normalized spacial score (nSPS) is 31.3. The van der Waals surface area contributed by atoms with Crippen molar-refractivity contribution in [2.24, 2.45) is 11.3 Å². The Bertz CT molecular complexity index is 366. The zero-order chi connectivity index (χ0) is 13.6. The molecule has 0 bridgehead atoms. The molecule has 102 valence electrons. The molecule has 5 heteroatoms. The maximum absolute atomic E-state index is 11.9. The Labute approximate surface area is 107 Å². The predicted octanol–water partition coefficient (Wildman–Crippen LogP) is 2.11. The highest BCUT2D eigenvalue weighted by molar-refractivity contribution is 5.72. The number of hydrogen-bond donors (Lipinski definition) is 1. The summed E-state index contributed by atoms with van der Waals surface area (Å²) < 4.78 is 5.33. The number of amides is 1. The average molecular weight is 255 g/mol. The standard InChI is InChI=1S/C13H21NO4/c1-12(2,3)18-11(17)14-5-4-13(8-14)6-9(7-13)10(15)16/h9H,4-8H2,1-3H3,(H,15,16). The molecular formula is C13H21NO4. The number of likely N-dealkylation sites (tertiary alicyclic amines) is 1. The van der Waals surface area contributed by atoms with Gasteiger partial charge in [-0.15, -0.1) is 0 Å². The topological polar surface area (TPSA) is 66.8 Å². The third kappa shape index (κ3) is 2.60. The molecule has 1 heterocycles. The Kier molecular flexibility index (Phi) is 3.03. The summed E-state index contributed by atoms with van der Waals surface area (Å²) in [5.74, 6) is -0.931. The summed E-state index contributed by atoms with van der Waals surface area (Å²) in [4.78, 5) is 24.4. The summed E-state index contributed by atoms with van der Waals surface area (Å²) in [6.45, 7) is 6.87. The Morgan fingerprint density at radius 1 is 1.33 bits per heavy atom. The van der Waals surface area contributed by atoms with Gasteiger partial charge in [-0.05, 0) is 45.4 Å². The smallest absolute Gasteiger partial charge is 0.410 e. The number of aliphatic carboxylic acids is 1. The van der Waals surface area contributed by atoms with E-state index in [4.69, 9.17) is 9.84 Å². The number of ether oxygens (including phenoxy) is 1. The highest BCUT2D eigenvalue weighted by Crippen LogP contribution is 2.51. The SMILES string of the molecule is CC(C)(C)OC(=O)N1CCC2(CC(C(=O)O)C2)C1. The third-order valence-electron chi connectivity index (χ3n) is 3.80. The maximum atomic E-state index is 11.9. The van der Waals surface area contributed by atoms with Gasteiger partial charge in [0, 0.05) is 13.1 Å². The van der Waals surface area contributed by atoms with Crippen LogP contribution < -0.4 is 0 Å². The van der Waals surface area contributed by atoms with E-state index in [2.05, 4.69) is 0 Å². The molecular weight excluding hydrogens is 234 g/mol. The fourth-order valence-corrected chi connectivity index (χ4v) is 2.91. The molecule has 1 spiro atoms. The van der Waals surface area contributed by atoms with E-state index in [9.17, 15) is 9.59 Å². The van der Waals surface area contributed by atoms with E-state index < -0.39 is 11.6 Å². The first-order valence-electron chi connectivity index (χ1n) is 6.42. The van der Waals surface area contributed by atoms with Crippen molar-refractivity contribution in [1.82, 2.24) is 4.90 Å². The van der Waals surface area contributed by atoms with Gasteiger partial charge in [-0.2, -0.15) is 0 Å². The van der Waals surface area contributed by atoms with E-state index in [1.54, 1.807) is 4.90 Å². The summed E-state index contributed by atoms with van der Waals surface area (Å²) in [7, 11) is 0. The summed E-state index contributed by atoms with van der Waals surface area (Å²) in [5.41, 5.74) is -0.435. The highest BCUT2D eigenvalue weighted by Gasteiger charge is 2.52. The van der Waals surface area contributed by atoms with Crippen LogP contribution in [0.1, 0.15) is 40.0 Å². The summed E-state index contributed by atoms with van der Waals surface area (Å²) in [6.07, 6.45) is 2.01. The third-order valence-corrected chi connectivity index (χ3v) is 3.80. The minimum absolute atomic E-state index is 0.0416. The van der Waals surface area contributed by atoms with Crippen LogP contribution >= 0.6 is 0 Å². The van der Waals surface area contributed by atoms with Crippen LogP contribution in [0.3, 0.4) is 0 Å². The lowest BCUT2D eigenvalue weighted by Gasteiger charge is -2.42. The van der Waals surface area contributed by atoms with Gasteiger partial charge in [-0.25, -0.2) is 4.79 Å². The molecule has 1 aliphatic carbocycles. The monoisotopic (exact) mass is 255 g/mol. The molecule has 2 aliphatic rings. The van der Waals surface area contributed by atoms with Gasteiger partial charge in [0.05, 0.1) is 5.92 Å². The van der Waals surface area contributed by atoms with Crippen LogP contribution in [0.4, 0.5) is 4.79 Å². The van der Waals surface area contributed by atoms with Gasteiger partial charge in [0.15, 0.2) is 0 Å². The van der Waals surface area contributed by atoms with Crippen molar-refractivity contribution >= 4 is 12.1 Å². The van der Waals surface area contributed by atoms with Gasteiger partial charge in [0.25, 0.3) is 0 Å². The van der Waals surface area contributed by atoms with Gasteiger partial charge in [0.2, 0.25) is 0 Å². The van der Waals surface area contributed by atoms with Crippen LogP contribution in [0.2, 0.25) is 0 Å². The predicted molar refractivity (Wildman–Crippen MR) is 65.2 cm³/mol. The molecule has 18 heavy (non-hydrogen) atoms. The van der Waals surface area contributed by atoms with Crippen molar-refractivity contribution in [1.29, 1.82) is 0 Å². The second kappa shape index (κ2) is 4.14. The lowest BCUT2D eigenvalue weighted by molar-refractivity contribution is -0.149. The first kappa shape index (κ1) is 13.2. The van der Waals surface area contributed by atoms with Gasteiger partial charge < -0.3 is 14.7 Å². The minimum atomic E-state index is -0.712. The van der Waals surface area contributed by atoms with Crippen molar-refractivity contribution < 1.29 is 19.4 Å². The van der Waals surface area contributed by atoms with Crippen molar-refractivity contribution in [3.05, 3.63) is 0 Å². The largest absolute Gasteiger partial charge is 0.481 e. The zero-order valence-electron chi connectivity index (χ0n) is 11.2. The first-order chi connectivity index (χ1) is 8.21. The molecule has 1 saturated heterocycles. The second-order valence-corrected chi connectivity index (χ2v) is 6.60. The highest BCUT2D eigenvalue weighted by atomic mass is 16.6. The van der Waals surface area contributed by atoms with E-state index in [0.717, 1.165) is 6.42 Å². The summed E-state index contributed by atoms with van der Waals surface area (Å²) >= 11 is 0. The number of rotatable bonds is 1. The number of carboxylic acid groups (broad SMARTS) is 1. The zero-order valence-corrected chi connectivity index (χ0v) is 11.2. The Morgan fingerprint density at radius 2 is 1.94 bits per heavy atom. The lowest BCUT2D eigenvalue weighted by atomic mass is 9.61. The molecule has 1 amide bonds. The molecule has 0 aromatic heterocycles. The van der Waals surface area contributed by atoms with E-state index in [0.29, 0.717) is 25.9 Å². The number of carboxylic acids is 1. The van der Waals surface area contributed by atoms with Crippen LogP contribution in [0.5, 0.6) is 0 Å². The van der Waals surface area contributed by atoms with Crippen LogP contribution in [-0.2, 0) is 9.53 Å². The van der Waals surface area contributed by atoms with Crippen LogP contribution in [0.25, 0.3) is 0 Å². The molecule has 0 aromatic carbocycles. The number of carbonyl (C=O) groups is 2. The quantitative estimate of drug-likeness (QED) is 0.779. The van der Waals surface area contributed by atoms with Gasteiger partial charge >= 0.3 is 12.1 Å². The van der Waals surface area contributed by atoms with Crippen molar-refractivity contribution in [2.75, 3.05) is 13.1 Å². The van der Waals surface area contributed by atoms with Crippen LogP contribution in [-0.4, -0.2) is 40.8 Å². The van der Waals surface area contributed by atoms with Gasteiger partial charge in [-0.3, -0.25) is 4.79 Å². The first-order valence-corrected chi connectivity index (χ1v) is 6.42. The van der Waals surface area contributed by atoms with E-state index in [1.165, 1.54) is 0 Å². The lowest BCUT2D eigenvalue weighted by Crippen LogP contribution is -2.44. The number of nitrogens with zero attached hydrogens (tertiary/aromatic N) is 1. The van der Waals surface area contributed by atoms with E-state index >= 15 is 0 Å². The molecule has 0 atom stereocenters. The minimum Gasteiger partial charge on any atom is -0.481 e. The van der Waals surface area contributed by atoms with E-state index in [1.807, 2.05) is 20.8 Å². The fourth-order valence-electron chi connectivity index (χ4n) is 2.91. The Hall–Kier alpha value is -1.26. The van der Waals surface area contributed by atoms with E-state index in [-0.39, 0.29) is 17.4 Å². The molecule has 0 unspecified atom stereocenters. The molecule has 1 N–H and O–H groups in total. The number of carbonyl (C=O) groups excluding carboxylic acids is 1. The van der Waals surface area contributed by atoms with Crippen molar-refractivity contribution in [2.45, 2.75) is 45.6 Å². The average Bonchev–Trinajstić information content (AvgIpc) is 2.56. The molecule has 1 saturated carbocycles. The molecule has 0 radical (unpaired) electrons. The molecule has 5 nitrogen and oxygen atoms in total. The maximum Gasteiger partial charge on any atom is 0.410 e. The molecule has 2 fully saturated rings. The summed E-state index contributed by atoms with van der Waals surface area (Å²) in [6, 6.07) is 0. The van der Waals surface area contributed by atoms with Gasteiger partial charge in [-0.1, -0.05) is 0 Å². The fraction of sp³-hybridized carbons (Fsp3) is 0.846.